The predicted octanol–water partition coefficient (Wildman–Crippen LogP) is 3.89. The lowest BCUT2D eigenvalue weighted by atomic mass is 9.94. The van der Waals surface area contributed by atoms with Crippen LogP contribution >= 0.6 is 35.3 Å². The first kappa shape index (κ1) is 22.6. The van der Waals surface area contributed by atoms with Crippen LogP contribution in [0.25, 0.3) is 16.7 Å². The minimum absolute atomic E-state index is 0.0335. The standard InChI is InChI=1S/C25H27N3O2S3/c1-3-26-18-13-9-8-10-16(18)14-15-19(26)20-22(29)27(4-2)24(32-20)21-23(30)28(25(31)33-21)17-11-6-5-7-12-17/h8-10,13-15,17H,3-7,11-12H2,1-2H3/b20-19+,24-21-. The van der Waals surface area contributed by atoms with Crippen LogP contribution in [0.5, 0.6) is 0 Å². The van der Waals surface area contributed by atoms with E-state index in [2.05, 4.69) is 30.0 Å². The van der Waals surface area contributed by atoms with Crippen molar-refractivity contribution in [3.05, 3.63) is 55.5 Å². The number of nitrogens with zero attached hydrogens (tertiary/aromatic N) is 3. The molecule has 1 aromatic carbocycles. The van der Waals surface area contributed by atoms with Gasteiger partial charge in [0, 0.05) is 24.8 Å². The normalized spacial score (nSPS) is 22.4. The molecule has 2 aromatic rings. The van der Waals surface area contributed by atoms with Crippen LogP contribution in [-0.2, 0) is 11.3 Å². The zero-order valence-electron chi connectivity index (χ0n) is 18.9. The minimum Gasteiger partial charge on any atom is -0.340 e. The highest BCUT2D eigenvalue weighted by Gasteiger charge is 2.39. The van der Waals surface area contributed by atoms with Crippen LogP contribution in [-0.4, -0.2) is 32.3 Å². The summed E-state index contributed by atoms with van der Waals surface area (Å²) in [5.74, 6) is -0.0335. The molecule has 0 atom stereocenters. The van der Waals surface area contributed by atoms with E-state index in [1.807, 2.05) is 30.0 Å². The van der Waals surface area contributed by atoms with Crippen molar-refractivity contribution in [3.63, 3.8) is 0 Å². The second-order valence-corrected chi connectivity index (χ2v) is 11.1. The van der Waals surface area contributed by atoms with E-state index >= 15 is 0 Å². The maximum atomic E-state index is 13.5. The smallest absolute Gasteiger partial charge is 0.271 e. The van der Waals surface area contributed by atoms with E-state index in [9.17, 15) is 9.59 Å². The van der Waals surface area contributed by atoms with Gasteiger partial charge in [0.05, 0.1) is 5.70 Å². The van der Waals surface area contributed by atoms with Gasteiger partial charge >= 0.3 is 0 Å². The Labute approximate surface area is 207 Å². The molecule has 33 heavy (non-hydrogen) atoms. The molecule has 2 aliphatic heterocycles. The fourth-order valence-corrected chi connectivity index (χ4v) is 7.79. The molecule has 0 radical (unpaired) electrons. The summed E-state index contributed by atoms with van der Waals surface area (Å²) in [4.78, 5) is 31.6. The number of likely N-dealkylation sites (N-methyl/N-ethyl adjacent to an activating group) is 1. The Morgan fingerprint density at radius 3 is 2.52 bits per heavy atom. The van der Waals surface area contributed by atoms with E-state index in [0.717, 1.165) is 53.8 Å². The van der Waals surface area contributed by atoms with Crippen LogP contribution in [0, 0.1) is 0 Å². The lowest BCUT2D eigenvalue weighted by Crippen LogP contribution is -2.40. The molecule has 2 fully saturated rings. The van der Waals surface area contributed by atoms with Gasteiger partial charge in [-0.1, -0.05) is 67.5 Å². The van der Waals surface area contributed by atoms with Gasteiger partial charge in [0.25, 0.3) is 11.5 Å². The first-order valence-electron chi connectivity index (χ1n) is 11.6. The number of thioether (sulfide) groups is 1. The molecular weight excluding hydrogens is 470 g/mol. The molecule has 1 amide bonds. The molecule has 3 aliphatic rings. The van der Waals surface area contributed by atoms with Crippen molar-refractivity contribution in [3.8, 4) is 0 Å². The van der Waals surface area contributed by atoms with Gasteiger partial charge < -0.3 is 4.90 Å². The van der Waals surface area contributed by atoms with Crippen LogP contribution in [0.3, 0.4) is 0 Å². The number of hydrogen-bond acceptors (Lipinski definition) is 6. The summed E-state index contributed by atoms with van der Waals surface area (Å²) < 4.78 is 3.76. The first-order chi connectivity index (χ1) is 16.0. The average Bonchev–Trinajstić information content (AvgIpc) is 3.33. The molecule has 1 saturated heterocycles. The van der Waals surface area contributed by atoms with Gasteiger partial charge in [0.1, 0.15) is 18.4 Å². The van der Waals surface area contributed by atoms with Crippen LogP contribution in [0.15, 0.2) is 35.1 Å². The van der Waals surface area contributed by atoms with Gasteiger partial charge in [-0.3, -0.25) is 19.1 Å². The van der Waals surface area contributed by atoms with Gasteiger partial charge in [-0.2, -0.15) is 0 Å². The number of aromatic nitrogens is 1. The molecule has 1 aromatic heterocycles. The van der Waals surface area contributed by atoms with Crippen molar-refractivity contribution in [2.75, 3.05) is 11.4 Å². The monoisotopic (exact) mass is 497 g/mol. The van der Waals surface area contributed by atoms with E-state index in [1.54, 1.807) is 4.57 Å². The van der Waals surface area contributed by atoms with Crippen LogP contribution in [0.2, 0.25) is 0 Å². The van der Waals surface area contributed by atoms with E-state index < -0.39 is 0 Å². The van der Waals surface area contributed by atoms with E-state index in [-0.39, 0.29) is 17.5 Å². The third-order valence-electron chi connectivity index (χ3n) is 6.62. The number of para-hydroxylation sites is 1. The van der Waals surface area contributed by atoms with Crippen molar-refractivity contribution in [1.82, 2.24) is 9.47 Å². The Bertz CT molecular complexity index is 1330. The van der Waals surface area contributed by atoms with Gasteiger partial charge in [-0.25, -0.2) is 0 Å². The van der Waals surface area contributed by atoms with E-state index in [1.165, 1.54) is 29.5 Å². The summed E-state index contributed by atoms with van der Waals surface area (Å²) in [5.41, 5.74) is 3.08. The number of anilines is 1. The molecular formula is C25H27N3O2S3. The number of carbonyl (C=O) groups excluding carboxylic acids is 1. The molecule has 0 bridgehead atoms. The average molecular weight is 498 g/mol. The maximum Gasteiger partial charge on any atom is 0.271 e. The highest BCUT2D eigenvalue weighted by molar-refractivity contribution is 8.30. The minimum atomic E-state index is -0.0436. The Kier molecular flexibility index (Phi) is 6.33. The van der Waals surface area contributed by atoms with Crippen molar-refractivity contribution >= 4 is 67.9 Å². The van der Waals surface area contributed by atoms with Crippen molar-refractivity contribution in [2.45, 2.75) is 58.5 Å². The summed E-state index contributed by atoms with van der Waals surface area (Å²) in [5, 5.41) is 0. The highest BCUT2D eigenvalue weighted by atomic mass is 32.2. The Morgan fingerprint density at radius 2 is 1.79 bits per heavy atom. The number of carbonyl (C=O) groups is 1. The molecule has 0 unspecified atom stereocenters. The summed E-state index contributed by atoms with van der Waals surface area (Å²) in [7, 11) is 0. The first-order valence-corrected chi connectivity index (χ1v) is 13.7. The van der Waals surface area contributed by atoms with E-state index in [4.69, 9.17) is 12.2 Å². The molecule has 5 nitrogen and oxygen atoms in total. The fourth-order valence-electron chi connectivity index (χ4n) is 4.99. The Hall–Kier alpha value is -2.16. The number of benzene rings is 1. The third kappa shape index (κ3) is 3.82. The SMILES string of the molecule is CCN1/C(=c2/s/c(=C3\SC(=S)N(C4CCCCC4)C3=O)n(CC)c2=O)C=Cc2ccccc21. The number of hydrogen-bond donors (Lipinski definition) is 0. The van der Waals surface area contributed by atoms with Gasteiger partial charge in [0.15, 0.2) is 0 Å². The summed E-state index contributed by atoms with van der Waals surface area (Å²) in [6, 6.07) is 8.40. The quantitative estimate of drug-likeness (QED) is 0.602. The number of amides is 1. The maximum absolute atomic E-state index is 13.5. The van der Waals surface area contributed by atoms with Crippen LogP contribution in [0.1, 0.15) is 51.5 Å². The number of fused-ring (bicyclic) bond motifs is 1. The zero-order chi connectivity index (χ0) is 23.1. The van der Waals surface area contributed by atoms with Crippen LogP contribution in [0.4, 0.5) is 5.69 Å². The Morgan fingerprint density at radius 1 is 1.03 bits per heavy atom. The lowest BCUT2D eigenvalue weighted by Gasteiger charge is -2.29. The summed E-state index contributed by atoms with van der Waals surface area (Å²) in [6.07, 6.45) is 9.59. The molecule has 3 heterocycles. The largest absolute Gasteiger partial charge is 0.340 e. The summed E-state index contributed by atoms with van der Waals surface area (Å²) >= 11 is 8.42. The molecule has 5 rings (SSSR count). The molecule has 8 heteroatoms. The zero-order valence-corrected chi connectivity index (χ0v) is 21.3. The second kappa shape index (κ2) is 9.24. The van der Waals surface area contributed by atoms with Gasteiger partial charge in [-0.05, 0) is 44.4 Å². The highest BCUT2D eigenvalue weighted by Crippen LogP contribution is 2.37. The molecule has 0 N–H and O–H groups in total. The van der Waals surface area contributed by atoms with Crippen LogP contribution < -0.4 is 19.7 Å². The van der Waals surface area contributed by atoms with Crippen molar-refractivity contribution < 1.29 is 4.79 Å². The summed E-state index contributed by atoms with van der Waals surface area (Å²) in [6.45, 7) is 5.31. The molecule has 1 aliphatic carbocycles. The Balaban J connectivity index is 1.68. The lowest BCUT2D eigenvalue weighted by molar-refractivity contribution is -0.122. The number of thiocarbonyl (C=S) groups is 1. The predicted molar refractivity (Wildman–Crippen MR) is 143 cm³/mol. The topological polar surface area (TPSA) is 45.5 Å². The molecule has 172 valence electrons. The fraction of sp³-hybridized carbons (Fsp3) is 0.400. The van der Waals surface area contributed by atoms with Crippen molar-refractivity contribution in [2.24, 2.45) is 0 Å². The third-order valence-corrected chi connectivity index (χ3v) is 9.35. The molecule has 0 spiro atoms. The van der Waals surface area contributed by atoms with Crippen molar-refractivity contribution in [1.29, 1.82) is 0 Å². The number of rotatable bonds is 3. The van der Waals surface area contributed by atoms with E-state index in [0.29, 0.717) is 20.3 Å². The number of thiazole rings is 1. The van der Waals surface area contributed by atoms with Gasteiger partial charge in [-0.15, -0.1) is 11.3 Å². The van der Waals surface area contributed by atoms with Gasteiger partial charge in [0.2, 0.25) is 0 Å². The molecule has 1 saturated carbocycles. The second-order valence-electron chi connectivity index (χ2n) is 8.47.